The van der Waals surface area contributed by atoms with Gasteiger partial charge in [-0.3, -0.25) is 14.5 Å². The molecule has 1 atom stereocenters. The van der Waals surface area contributed by atoms with E-state index < -0.39 is 0 Å². The van der Waals surface area contributed by atoms with Crippen molar-refractivity contribution in [2.24, 2.45) is 5.92 Å². The molecule has 0 aromatic heterocycles. The van der Waals surface area contributed by atoms with Gasteiger partial charge in [-0.25, -0.2) is 0 Å². The van der Waals surface area contributed by atoms with Crippen molar-refractivity contribution in [1.82, 2.24) is 4.90 Å². The highest BCUT2D eigenvalue weighted by molar-refractivity contribution is 7.99. The van der Waals surface area contributed by atoms with Gasteiger partial charge in [0.05, 0.1) is 11.8 Å². The van der Waals surface area contributed by atoms with E-state index in [4.69, 9.17) is 0 Å². The van der Waals surface area contributed by atoms with Gasteiger partial charge < -0.3 is 5.11 Å². The molecule has 1 saturated heterocycles. The number of aromatic hydroxyl groups is 1. The maximum Gasteiger partial charge on any atom is 0.237 e. The predicted octanol–water partition coefficient (Wildman–Crippen LogP) is 8.50. The Labute approximate surface area is 224 Å². The highest BCUT2D eigenvalue weighted by Gasteiger charge is 2.39. The zero-order chi connectivity index (χ0) is 27.1. The Morgan fingerprint density at radius 2 is 1.44 bits per heavy atom. The molecular formula is C31H49NO3S. The van der Waals surface area contributed by atoms with Crippen LogP contribution in [0.4, 0.5) is 0 Å². The zero-order valence-electron chi connectivity index (χ0n) is 23.8. The zero-order valence-corrected chi connectivity index (χ0v) is 24.7. The van der Waals surface area contributed by atoms with Crippen LogP contribution in [0.1, 0.15) is 124 Å². The third-order valence-electron chi connectivity index (χ3n) is 7.15. The number of nitrogens with zero attached hydrogens (tertiary/aromatic N) is 1. The normalized spacial score (nSPS) is 16.8. The van der Waals surface area contributed by atoms with Gasteiger partial charge >= 0.3 is 0 Å². The largest absolute Gasteiger partial charge is 0.507 e. The van der Waals surface area contributed by atoms with Crippen LogP contribution in [0.2, 0.25) is 0 Å². The number of phenolic OH excluding ortho intramolecular Hbond substituents is 1. The quantitative estimate of drug-likeness (QED) is 0.124. The van der Waals surface area contributed by atoms with Crippen LogP contribution in [0, 0.1) is 5.92 Å². The van der Waals surface area contributed by atoms with Crippen molar-refractivity contribution >= 4 is 23.6 Å². The molecule has 0 saturated carbocycles. The minimum absolute atomic E-state index is 0.108. The van der Waals surface area contributed by atoms with Crippen LogP contribution in [-0.4, -0.2) is 27.7 Å². The SMILES string of the molecule is C=C(CCCCCCCCCC)C1CC(=O)N(CSc2cc(C(C)(C)C)c(O)c(C(C)(C)C)c2)C1=O. The molecule has 1 aromatic rings. The lowest BCUT2D eigenvalue weighted by Crippen LogP contribution is -2.30. The number of hydrogen-bond acceptors (Lipinski definition) is 4. The molecule has 1 heterocycles. The van der Waals surface area contributed by atoms with E-state index in [0.717, 1.165) is 40.9 Å². The number of carbonyl (C=O) groups excluding carboxylic acids is 2. The Kier molecular flexibility index (Phi) is 11.1. The Bertz CT molecular complexity index is 888. The van der Waals surface area contributed by atoms with E-state index in [2.05, 4.69) is 55.0 Å². The van der Waals surface area contributed by atoms with Crippen LogP contribution in [0.3, 0.4) is 0 Å². The molecule has 5 heteroatoms. The summed E-state index contributed by atoms with van der Waals surface area (Å²) in [6.07, 6.45) is 11.0. The summed E-state index contributed by atoms with van der Waals surface area (Å²) in [5, 5.41) is 11.0. The summed E-state index contributed by atoms with van der Waals surface area (Å²) >= 11 is 1.48. The summed E-state index contributed by atoms with van der Waals surface area (Å²) in [5.41, 5.74) is 2.22. The van der Waals surface area contributed by atoms with Crippen LogP contribution < -0.4 is 0 Å². The number of benzene rings is 1. The number of unbranched alkanes of at least 4 members (excludes halogenated alkanes) is 7. The average molecular weight is 516 g/mol. The van der Waals surface area contributed by atoms with E-state index in [1.807, 2.05) is 12.1 Å². The van der Waals surface area contributed by atoms with Gasteiger partial charge in [-0.15, -0.1) is 11.8 Å². The molecule has 1 fully saturated rings. The van der Waals surface area contributed by atoms with E-state index >= 15 is 0 Å². The Hall–Kier alpha value is -1.75. The minimum atomic E-state index is -0.377. The number of likely N-dealkylation sites (tertiary alicyclic amines) is 1. The van der Waals surface area contributed by atoms with Crippen molar-refractivity contribution in [2.75, 3.05) is 5.88 Å². The first-order valence-electron chi connectivity index (χ1n) is 13.8. The monoisotopic (exact) mass is 515 g/mol. The topological polar surface area (TPSA) is 57.6 Å². The van der Waals surface area contributed by atoms with Crippen LogP contribution in [0.25, 0.3) is 0 Å². The van der Waals surface area contributed by atoms with Crippen molar-refractivity contribution in [3.8, 4) is 5.75 Å². The van der Waals surface area contributed by atoms with Gasteiger partial charge in [0.25, 0.3) is 0 Å². The fourth-order valence-electron chi connectivity index (χ4n) is 4.77. The number of carbonyl (C=O) groups is 2. The highest BCUT2D eigenvalue weighted by atomic mass is 32.2. The van der Waals surface area contributed by atoms with Crippen LogP contribution in [-0.2, 0) is 20.4 Å². The molecule has 202 valence electrons. The summed E-state index contributed by atoms with van der Waals surface area (Å²) in [4.78, 5) is 28.2. The maximum atomic E-state index is 13.1. The van der Waals surface area contributed by atoms with E-state index in [-0.39, 0.29) is 40.9 Å². The first-order valence-corrected chi connectivity index (χ1v) is 14.8. The lowest BCUT2D eigenvalue weighted by molar-refractivity contribution is -0.137. The van der Waals surface area contributed by atoms with E-state index in [9.17, 15) is 14.7 Å². The van der Waals surface area contributed by atoms with Crippen molar-refractivity contribution in [3.63, 3.8) is 0 Å². The van der Waals surface area contributed by atoms with Crippen molar-refractivity contribution in [3.05, 3.63) is 35.4 Å². The molecule has 0 aliphatic carbocycles. The molecule has 0 bridgehead atoms. The second-order valence-electron chi connectivity index (χ2n) is 12.4. The summed E-state index contributed by atoms with van der Waals surface area (Å²) in [5.74, 6) is 0.0306. The van der Waals surface area contributed by atoms with E-state index in [1.54, 1.807) is 0 Å². The minimum Gasteiger partial charge on any atom is -0.507 e. The number of phenols is 1. The van der Waals surface area contributed by atoms with Gasteiger partial charge in [-0.2, -0.15) is 0 Å². The molecule has 1 aliphatic rings. The first-order chi connectivity index (χ1) is 16.8. The van der Waals surface area contributed by atoms with Crippen molar-refractivity contribution < 1.29 is 14.7 Å². The van der Waals surface area contributed by atoms with Gasteiger partial charge in [0.15, 0.2) is 0 Å². The molecule has 4 nitrogen and oxygen atoms in total. The average Bonchev–Trinajstić information content (AvgIpc) is 3.06. The molecular weight excluding hydrogens is 466 g/mol. The van der Waals surface area contributed by atoms with Crippen LogP contribution >= 0.6 is 11.8 Å². The first kappa shape index (κ1) is 30.5. The number of hydrogen-bond donors (Lipinski definition) is 1. The molecule has 36 heavy (non-hydrogen) atoms. The summed E-state index contributed by atoms with van der Waals surface area (Å²) < 4.78 is 0. The molecule has 2 rings (SSSR count). The van der Waals surface area contributed by atoms with Gasteiger partial charge in [0.2, 0.25) is 11.8 Å². The molecule has 2 amide bonds. The van der Waals surface area contributed by atoms with Crippen molar-refractivity contribution in [2.45, 2.75) is 128 Å². The molecule has 0 spiro atoms. The maximum absolute atomic E-state index is 13.1. The predicted molar refractivity (Wildman–Crippen MR) is 153 cm³/mol. The number of thioether (sulfide) groups is 1. The lowest BCUT2D eigenvalue weighted by Gasteiger charge is -2.28. The second-order valence-corrected chi connectivity index (χ2v) is 13.5. The van der Waals surface area contributed by atoms with Gasteiger partial charge in [-0.05, 0) is 35.8 Å². The summed E-state index contributed by atoms with van der Waals surface area (Å²) in [6.45, 7) is 18.9. The van der Waals surface area contributed by atoms with Gasteiger partial charge in [0, 0.05) is 22.4 Å². The summed E-state index contributed by atoms with van der Waals surface area (Å²) in [6, 6.07) is 4.00. The molecule has 1 unspecified atom stereocenters. The van der Waals surface area contributed by atoms with E-state index in [1.165, 1.54) is 55.2 Å². The second kappa shape index (κ2) is 13.2. The lowest BCUT2D eigenvalue weighted by atomic mass is 9.79. The third kappa shape index (κ3) is 8.39. The number of rotatable bonds is 13. The fourth-order valence-corrected chi connectivity index (χ4v) is 5.72. The third-order valence-corrected chi connectivity index (χ3v) is 8.10. The van der Waals surface area contributed by atoms with Gasteiger partial charge in [0.1, 0.15) is 5.75 Å². The number of amides is 2. The van der Waals surface area contributed by atoms with Gasteiger partial charge in [-0.1, -0.05) is 106 Å². The smallest absolute Gasteiger partial charge is 0.237 e. The highest BCUT2D eigenvalue weighted by Crippen LogP contribution is 2.42. The molecule has 0 radical (unpaired) electrons. The number of imide groups is 1. The summed E-state index contributed by atoms with van der Waals surface area (Å²) in [7, 11) is 0. The Morgan fingerprint density at radius 1 is 0.944 bits per heavy atom. The van der Waals surface area contributed by atoms with Crippen LogP contribution in [0.5, 0.6) is 5.75 Å². The Morgan fingerprint density at radius 3 is 1.94 bits per heavy atom. The van der Waals surface area contributed by atoms with E-state index in [0.29, 0.717) is 5.75 Å². The van der Waals surface area contributed by atoms with Crippen LogP contribution in [0.15, 0.2) is 29.2 Å². The molecule has 1 N–H and O–H groups in total. The molecule has 1 aromatic carbocycles. The van der Waals surface area contributed by atoms with Crippen molar-refractivity contribution in [1.29, 1.82) is 0 Å². The Balaban J connectivity index is 1.97. The fraction of sp³-hybridized carbons (Fsp3) is 0.677. The standard InChI is InChI=1S/C31H49NO3S/c1-9-10-11-12-13-14-15-16-17-22(2)24-20-27(33)32(29(24)35)21-36-23-18-25(30(3,4)5)28(34)26(19-23)31(6,7)8/h18-19,24,34H,2,9-17,20-21H2,1,3-8H3. The molecule has 1 aliphatic heterocycles.